The van der Waals surface area contributed by atoms with E-state index < -0.39 is 0 Å². The van der Waals surface area contributed by atoms with Crippen LogP contribution in [0.4, 0.5) is 4.79 Å². The summed E-state index contributed by atoms with van der Waals surface area (Å²) in [6.45, 7) is 9.75. The van der Waals surface area contributed by atoms with Gasteiger partial charge >= 0.3 is 6.09 Å². The Balaban J connectivity index is 1.54. The van der Waals surface area contributed by atoms with E-state index in [-0.39, 0.29) is 11.7 Å². The molecule has 160 valence electrons. The number of rotatable bonds is 4. The highest BCUT2D eigenvalue weighted by atomic mass is 16.6. The number of fused-ring (bicyclic) bond motifs is 3. The van der Waals surface area contributed by atoms with Crippen molar-refractivity contribution >= 4 is 22.8 Å². The van der Waals surface area contributed by atoms with Crippen molar-refractivity contribution in [1.29, 1.82) is 0 Å². The van der Waals surface area contributed by atoms with Crippen LogP contribution in [-0.2, 0) is 18.3 Å². The lowest BCUT2D eigenvalue weighted by Gasteiger charge is -2.33. The Morgan fingerprint density at radius 1 is 1.17 bits per heavy atom. The van der Waals surface area contributed by atoms with Crippen LogP contribution >= 0.6 is 0 Å². The van der Waals surface area contributed by atoms with Crippen LogP contribution in [0.3, 0.4) is 0 Å². The summed E-state index contributed by atoms with van der Waals surface area (Å²) in [6.07, 6.45) is -0.243. The number of benzene rings is 1. The van der Waals surface area contributed by atoms with E-state index in [0.29, 0.717) is 43.3 Å². The van der Waals surface area contributed by atoms with E-state index in [4.69, 9.17) is 4.74 Å². The Labute approximate surface area is 174 Å². The van der Waals surface area contributed by atoms with Crippen LogP contribution in [0, 0.1) is 12.8 Å². The molecule has 0 bridgehead atoms. The van der Waals surface area contributed by atoms with Gasteiger partial charge in [-0.15, -0.1) is 10.2 Å². The van der Waals surface area contributed by atoms with E-state index in [9.17, 15) is 9.59 Å². The van der Waals surface area contributed by atoms with Crippen molar-refractivity contribution in [3.05, 3.63) is 39.9 Å². The maximum Gasteiger partial charge on any atom is 0.409 e. The standard InChI is InChI=1S/C21H28N6O3/c1-14(2)13-30-21(29)26-9-7-25(8-10-26)12-18-22-23-20-24(4)19(28)16-11-15(3)5-6-17(16)27(18)20/h5-6,11,14H,7-10,12-13H2,1-4H3. The highest BCUT2D eigenvalue weighted by Crippen LogP contribution is 2.17. The van der Waals surface area contributed by atoms with Crippen molar-refractivity contribution in [1.82, 2.24) is 29.0 Å². The van der Waals surface area contributed by atoms with Crippen molar-refractivity contribution in [2.45, 2.75) is 27.3 Å². The lowest BCUT2D eigenvalue weighted by molar-refractivity contribution is 0.0670. The number of carbonyl (C=O) groups excluding carboxylic acids is 1. The van der Waals surface area contributed by atoms with Gasteiger partial charge in [0.25, 0.3) is 5.56 Å². The fourth-order valence-electron chi connectivity index (χ4n) is 3.78. The molecular formula is C21H28N6O3. The zero-order chi connectivity index (χ0) is 21.4. The first-order valence-electron chi connectivity index (χ1n) is 10.3. The fraction of sp³-hybridized carbons (Fsp3) is 0.524. The second-order valence-corrected chi connectivity index (χ2v) is 8.37. The zero-order valence-electron chi connectivity index (χ0n) is 18.0. The van der Waals surface area contributed by atoms with E-state index >= 15 is 0 Å². The van der Waals surface area contributed by atoms with Gasteiger partial charge in [-0.1, -0.05) is 25.5 Å². The molecule has 9 nitrogen and oxygen atoms in total. The third-order valence-electron chi connectivity index (χ3n) is 5.48. The first kappa shape index (κ1) is 20.3. The Bertz CT molecular complexity index is 1140. The molecule has 2 aromatic heterocycles. The maximum absolute atomic E-state index is 12.7. The molecule has 0 radical (unpaired) electrons. The molecule has 0 aliphatic carbocycles. The molecule has 9 heteroatoms. The number of hydrogen-bond donors (Lipinski definition) is 0. The number of aryl methyl sites for hydroxylation is 2. The summed E-state index contributed by atoms with van der Waals surface area (Å²) in [5.41, 5.74) is 1.78. The van der Waals surface area contributed by atoms with Crippen molar-refractivity contribution in [2.24, 2.45) is 13.0 Å². The topological polar surface area (TPSA) is 85.0 Å². The summed E-state index contributed by atoms with van der Waals surface area (Å²) in [6, 6.07) is 5.85. The summed E-state index contributed by atoms with van der Waals surface area (Å²) in [5.74, 6) is 1.64. The van der Waals surface area contributed by atoms with Gasteiger partial charge in [-0.3, -0.25) is 18.7 Å². The molecule has 1 aliphatic heterocycles. The van der Waals surface area contributed by atoms with Gasteiger partial charge in [0.1, 0.15) is 0 Å². The Morgan fingerprint density at radius 2 is 1.90 bits per heavy atom. The lowest BCUT2D eigenvalue weighted by atomic mass is 10.1. The van der Waals surface area contributed by atoms with Gasteiger partial charge < -0.3 is 9.64 Å². The Kier molecular flexibility index (Phi) is 5.46. The van der Waals surface area contributed by atoms with Gasteiger partial charge in [-0.05, 0) is 25.0 Å². The first-order chi connectivity index (χ1) is 14.3. The van der Waals surface area contributed by atoms with E-state index in [0.717, 1.165) is 30.0 Å². The predicted octanol–water partition coefficient (Wildman–Crippen LogP) is 1.80. The molecule has 1 aliphatic rings. The molecule has 0 atom stereocenters. The smallest absolute Gasteiger partial charge is 0.409 e. The minimum Gasteiger partial charge on any atom is -0.449 e. The molecule has 30 heavy (non-hydrogen) atoms. The van der Waals surface area contributed by atoms with Gasteiger partial charge in [0.15, 0.2) is 5.82 Å². The van der Waals surface area contributed by atoms with Crippen LogP contribution < -0.4 is 5.56 Å². The molecule has 0 unspecified atom stereocenters. The van der Waals surface area contributed by atoms with Crippen molar-refractivity contribution in [3.8, 4) is 0 Å². The quantitative estimate of drug-likeness (QED) is 0.650. The molecule has 0 spiro atoms. The van der Waals surface area contributed by atoms with Crippen molar-refractivity contribution in [2.75, 3.05) is 32.8 Å². The number of hydrogen-bond acceptors (Lipinski definition) is 6. The summed E-state index contributed by atoms with van der Waals surface area (Å²) in [4.78, 5) is 28.9. The number of carbonyl (C=O) groups is 1. The van der Waals surface area contributed by atoms with Crippen molar-refractivity contribution < 1.29 is 9.53 Å². The summed E-state index contributed by atoms with van der Waals surface area (Å²) >= 11 is 0. The average molecular weight is 412 g/mol. The lowest BCUT2D eigenvalue weighted by Crippen LogP contribution is -2.48. The number of nitrogens with zero attached hydrogens (tertiary/aromatic N) is 6. The third-order valence-corrected chi connectivity index (χ3v) is 5.48. The molecular weight excluding hydrogens is 384 g/mol. The highest BCUT2D eigenvalue weighted by Gasteiger charge is 2.24. The largest absolute Gasteiger partial charge is 0.449 e. The molecule has 1 aromatic carbocycles. The predicted molar refractivity (Wildman–Crippen MR) is 114 cm³/mol. The number of ether oxygens (including phenoxy) is 1. The Hall–Kier alpha value is -2.94. The van der Waals surface area contributed by atoms with Crippen molar-refractivity contribution in [3.63, 3.8) is 0 Å². The normalized spacial score (nSPS) is 15.4. The minimum absolute atomic E-state index is 0.0753. The van der Waals surface area contributed by atoms with Crippen LogP contribution in [0.25, 0.3) is 16.7 Å². The van der Waals surface area contributed by atoms with E-state index in [1.54, 1.807) is 16.5 Å². The molecule has 1 fully saturated rings. The van der Waals surface area contributed by atoms with E-state index in [1.165, 1.54) is 0 Å². The van der Waals surface area contributed by atoms with Gasteiger partial charge in [0.2, 0.25) is 5.78 Å². The maximum atomic E-state index is 12.7. The number of amides is 1. The van der Waals surface area contributed by atoms with Crippen LogP contribution in [0.15, 0.2) is 23.0 Å². The van der Waals surface area contributed by atoms with Crippen LogP contribution in [0.5, 0.6) is 0 Å². The van der Waals surface area contributed by atoms with E-state index in [1.807, 2.05) is 43.4 Å². The van der Waals surface area contributed by atoms with Crippen LogP contribution in [0.2, 0.25) is 0 Å². The molecule has 4 rings (SSSR count). The Morgan fingerprint density at radius 3 is 2.60 bits per heavy atom. The zero-order valence-corrected chi connectivity index (χ0v) is 18.0. The number of aromatic nitrogens is 4. The summed E-state index contributed by atoms with van der Waals surface area (Å²) in [7, 11) is 1.72. The van der Waals surface area contributed by atoms with Gasteiger partial charge in [-0.25, -0.2) is 4.79 Å². The second kappa shape index (κ2) is 8.06. The molecule has 1 saturated heterocycles. The molecule has 0 N–H and O–H groups in total. The van der Waals surface area contributed by atoms with Gasteiger partial charge in [-0.2, -0.15) is 0 Å². The number of piperazine rings is 1. The highest BCUT2D eigenvalue weighted by molar-refractivity contribution is 5.81. The fourth-order valence-corrected chi connectivity index (χ4v) is 3.78. The molecule has 3 aromatic rings. The molecule has 3 heterocycles. The SMILES string of the molecule is Cc1ccc2c(c1)c(=O)n(C)c1nnc(CN3CCN(C(=O)OCC(C)C)CC3)n21. The summed E-state index contributed by atoms with van der Waals surface area (Å²) < 4.78 is 8.83. The summed E-state index contributed by atoms with van der Waals surface area (Å²) in [5, 5.41) is 9.30. The minimum atomic E-state index is -0.243. The third kappa shape index (κ3) is 3.77. The van der Waals surface area contributed by atoms with Gasteiger partial charge in [0.05, 0.1) is 24.1 Å². The van der Waals surface area contributed by atoms with Crippen LogP contribution in [-0.4, -0.2) is 67.8 Å². The van der Waals surface area contributed by atoms with Gasteiger partial charge in [0, 0.05) is 33.2 Å². The van der Waals surface area contributed by atoms with Crippen LogP contribution in [0.1, 0.15) is 25.2 Å². The molecule has 1 amide bonds. The average Bonchev–Trinajstić information content (AvgIpc) is 3.14. The first-order valence-corrected chi connectivity index (χ1v) is 10.3. The monoisotopic (exact) mass is 412 g/mol. The molecule has 0 saturated carbocycles. The second-order valence-electron chi connectivity index (χ2n) is 8.37. The van der Waals surface area contributed by atoms with E-state index in [2.05, 4.69) is 15.1 Å².